The van der Waals surface area contributed by atoms with Crippen molar-refractivity contribution in [2.75, 3.05) is 17.2 Å². The van der Waals surface area contributed by atoms with Gasteiger partial charge in [0.2, 0.25) is 5.95 Å². The Morgan fingerprint density at radius 1 is 1.17 bits per heavy atom. The van der Waals surface area contributed by atoms with E-state index in [4.69, 9.17) is 0 Å². The molecule has 3 rings (SSSR count). The highest BCUT2D eigenvalue weighted by Crippen LogP contribution is 2.31. The molecule has 5 heteroatoms. The zero-order chi connectivity index (χ0) is 12.5. The first kappa shape index (κ1) is 11.6. The summed E-state index contributed by atoms with van der Waals surface area (Å²) in [7, 11) is 0. The molecular formula is C13H16N4S. The van der Waals surface area contributed by atoms with Crippen molar-refractivity contribution in [1.29, 1.82) is 0 Å². The molecular weight excluding hydrogens is 244 g/mol. The second-order valence-electron chi connectivity index (χ2n) is 4.35. The highest BCUT2D eigenvalue weighted by atomic mass is 32.2. The summed E-state index contributed by atoms with van der Waals surface area (Å²) in [6, 6.07) is 8.56. The lowest BCUT2D eigenvalue weighted by atomic mass is 10.2. The van der Waals surface area contributed by atoms with Gasteiger partial charge in [-0.15, -0.1) is 10.2 Å². The first-order valence-electron chi connectivity index (χ1n) is 6.20. The average Bonchev–Trinajstić information content (AvgIpc) is 2.94. The fourth-order valence-electron chi connectivity index (χ4n) is 2.18. The molecule has 2 heterocycles. The van der Waals surface area contributed by atoms with E-state index in [2.05, 4.69) is 57.8 Å². The van der Waals surface area contributed by atoms with Crippen molar-refractivity contribution in [2.45, 2.75) is 25.5 Å². The Morgan fingerprint density at radius 3 is 2.67 bits per heavy atom. The molecule has 0 saturated heterocycles. The van der Waals surface area contributed by atoms with Crippen LogP contribution in [-0.4, -0.2) is 27.1 Å². The Hall–Kier alpha value is -1.49. The van der Waals surface area contributed by atoms with Crippen LogP contribution in [-0.2, 0) is 6.54 Å². The molecule has 18 heavy (non-hydrogen) atoms. The minimum atomic E-state index is 0.967. The van der Waals surface area contributed by atoms with E-state index in [9.17, 15) is 0 Å². The minimum absolute atomic E-state index is 0.967. The third-order valence-electron chi connectivity index (χ3n) is 3.11. The number of anilines is 2. The molecule has 1 aliphatic heterocycles. The summed E-state index contributed by atoms with van der Waals surface area (Å²) in [5.74, 6) is 2.00. The van der Waals surface area contributed by atoms with Crippen LogP contribution in [0.5, 0.6) is 0 Å². The highest BCUT2D eigenvalue weighted by molar-refractivity contribution is 7.99. The van der Waals surface area contributed by atoms with Crippen LogP contribution in [0.25, 0.3) is 0 Å². The predicted molar refractivity (Wildman–Crippen MR) is 74.6 cm³/mol. The van der Waals surface area contributed by atoms with E-state index in [1.165, 1.54) is 11.3 Å². The normalized spacial score (nSPS) is 14.0. The van der Waals surface area contributed by atoms with Crippen molar-refractivity contribution in [1.82, 2.24) is 14.8 Å². The third kappa shape index (κ3) is 1.88. The number of fused-ring (bicyclic) bond motifs is 1. The van der Waals surface area contributed by atoms with Crippen molar-refractivity contribution in [3.8, 4) is 0 Å². The maximum atomic E-state index is 4.31. The van der Waals surface area contributed by atoms with E-state index in [0.29, 0.717) is 0 Å². The van der Waals surface area contributed by atoms with Crippen LogP contribution in [0.4, 0.5) is 11.6 Å². The van der Waals surface area contributed by atoms with Gasteiger partial charge in [-0.05, 0) is 24.8 Å². The molecule has 0 aliphatic carbocycles. The Kier molecular flexibility index (Phi) is 2.99. The Morgan fingerprint density at radius 2 is 1.94 bits per heavy atom. The number of hydrogen-bond donors (Lipinski definition) is 0. The SMILES string of the molecule is CCSc1nnc2n1CCN2c1ccc(C)cc1. The second-order valence-corrected chi connectivity index (χ2v) is 5.59. The van der Waals surface area contributed by atoms with Gasteiger partial charge < -0.3 is 4.90 Å². The van der Waals surface area contributed by atoms with E-state index in [1.54, 1.807) is 11.8 Å². The summed E-state index contributed by atoms with van der Waals surface area (Å²) in [6.07, 6.45) is 0. The minimum Gasteiger partial charge on any atom is -0.309 e. The van der Waals surface area contributed by atoms with Gasteiger partial charge >= 0.3 is 0 Å². The van der Waals surface area contributed by atoms with Crippen LogP contribution in [0.3, 0.4) is 0 Å². The third-order valence-corrected chi connectivity index (χ3v) is 3.95. The maximum Gasteiger partial charge on any atom is 0.232 e. The van der Waals surface area contributed by atoms with Crippen molar-refractivity contribution >= 4 is 23.4 Å². The molecule has 0 N–H and O–H groups in total. The first-order chi connectivity index (χ1) is 8.79. The standard InChI is InChI=1S/C13H16N4S/c1-3-18-13-15-14-12-16(8-9-17(12)13)11-6-4-10(2)5-7-11/h4-7H,3,8-9H2,1-2H3. The van der Waals surface area contributed by atoms with Crippen molar-refractivity contribution in [2.24, 2.45) is 0 Å². The van der Waals surface area contributed by atoms with Crippen LogP contribution in [0.2, 0.25) is 0 Å². The molecule has 4 nitrogen and oxygen atoms in total. The van der Waals surface area contributed by atoms with Gasteiger partial charge in [0.1, 0.15) is 0 Å². The summed E-state index contributed by atoms with van der Waals surface area (Å²) < 4.78 is 2.20. The highest BCUT2D eigenvalue weighted by Gasteiger charge is 2.25. The van der Waals surface area contributed by atoms with E-state index >= 15 is 0 Å². The lowest BCUT2D eigenvalue weighted by Gasteiger charge is -2.15. The van der Waals surface area contributed by atoms with Crippen molar-refractivity contribution in [3.05, 3.63) is 29.8 Å². The zero-order valence-corrected chi connectivity index (χ0v) is 11.4. The second kappa shape index (κ2) is 4.65. The van der Waals surface area contributed by atoms with E-state index in [1.807, 2.05) is 0 Å². The van der Waals surface area contributed by atoms with Gasteiger partial charge in [0.05, 0.1) is 0 Å². The van der Waals surface area contributed by atoms with Crippen LogP contribution >= 0.6 is 11.8 Å². The van der Waals surface area contributed by atoms with E-state index in [0.717, 1.165) is 29.9 Å². The van der Waals surface area contributed by atoms with Gasteiger partial charge in [-0.3, -0.25) is 4.57 Å². The maximum absolute atomic E-state index is 4.31. The fourth-order valence-corrected chi connectivity index (χ4v) is 2.87. The largest absolute Gasteiger partial charge is 0.309 e. The topological polar surface area (TPSA) is 34.0 Å². The number of rotatable bonds is 3. The lowest BCUT2D eigenvalue weighted by Crippen LogP contribution is -2.14. The molecule has 0 atom stereocenters. The first-order valence-corrected chi connectivity index (χ1v) is 7.18. The zero-order valence-electron chi connectivity index (χ0n) is 10.6. The summed E-state index contributed by atoms with van der Waals surface area (Å²) in [6.45, 7) is 6.19. The predicted octanol–water partition coefficient (Wildman–Crippen LogP) is 2.85. The summed E-state index contributed by atoms with van der Waals surface area (Å²) in [5.41, 5.74) is 2.47. The van der Waals surface area contributed by atoms with E-state index < -0.39 is 0 Å². The van der Waals surface area contributed by atoms with Gasteiger partial charge in [-0.1, -0.05) is 36.4 Å². The summed E-state index contributed by atoms with van der Waals surface area (Å²) >= 11 is 1.75. The average molecular weight is 260 g/mol. The van der Waals surface area contributed by atoms with Gasteiger partial charge in [-0.25, -0.2) is 0 Å². The smallest absolute Gasteiger partial charge is 0.232 e. The van der Waals surface area contributed by atoms with E-state index in [-0.39, 0.29) is 0 Å². The summed E-state index contributed by atoms with van der Waals surface area (Å²) in [5, 5.41) is 9.60. The summed E-state index contributed by atoms with van der Waals surface area (Å²) in [4.78, 5) is 2.23. The molecule has 0 spiro atoms. The number of aromatic nitrogens is 3. The molecule has 1 aromatic carbocycles. The van der Waals surface area contributed by atoms with Gasteiger partial charge in [-0.2, -0.15) is 0 Å². The van der Waals surface area contributed by atoms with Crippen LogP contribution in [0.1, 0.15) is 12.5 Å². The van der Waals surface area contributed by atoms with Crippen LogP contribution in [0, 0.1) is 6.92 Å². The van der Waals surface area contributed by atoms with Gasteiger partial charge in [0.15, 0.2) is 5.16 Å². The Bertz CT molecular complexity index is 547. The molecule has 0 fully saturated rings. The monoisotopic (exact) mass is 260 g/mol. The molecule has 1 aliphatic rings. The molecule has 94 valence electrons. The molecule has 0 saturated carbocycles. The number of thioether (sulfide) groups is 1. The van der Waals surface area contributed by atoms with Gasteiger partial charge in [0, 0.05) is 18.8 Å². The van der Waals surface area contributed by atoms with Crippen molar-refractivity contribution < 1.29 is 0 Å². The molecule has 0 unspecified atom stereocenters. The molecule has 0 bridgehead atoms. The van der Waals surface area contributed by atoms with Crippen molar-refractivity contribution in [3.63, 3.8) is 0 Å². The Labute approximate surface area is 111 Å². The number of hydrogen-bond acceptors (Lipinski definition) is 4. The van der Waals surface area contributed by atoms with Crippen LogP contribution < -0.4 is 4.90 Å². The number of nitrogens with zero attached hydrogens (tertiary/aromatic N) is 4. The lowest BCUT2D eigenvalue weighted by molar-refractivity contribution is 0.704. The molecule has 1 aromatic heterocycles. The molecule has 0 radical (unpaired) electrons. The number of aryl methyl sites for hydroxylation is 1. The quantitative estimate of drug-likeness (QED) is 0.795. The fraction of sp³-hybridized carbons (Fsp3) is 0.385. The Balaban J connectivity index is 1.92. The van der Waals surface area contributed by atoms with Crippen LogP contribution in [0.15, 0.2) is 29.4 Å². The molecule has 2 aromatic rings. The molecule has 0 amide bonds. The number of benzene rings is 1. The van der Waals surface area contributed by atoms with Gasteiger partial charge in [0.25, 0.3) is 0 Å².